The molecule has 0 aliphatic heterocycles. The fourth-order valence-electron chi connectivity index (χ4n) is 1.40. The molecular formula is C12H15F3OSi. The fourth-order valence-corrected chi connectivity index (χ4v) is 2.25. The van der Waals surface area contributed by atoms with Crippen LogP contribution in [0.2, 0.25) is 19.6 Å². The van der Waals surface area contributed by atoms with Gasteiger partial charge < -0.3 is 4.43 Å². The van der Waals surface area contributed by atoms with Crippen molar-refractivity contribution in [2.45, 2.75) is 25.8 Å². The molecular weight excluding hydrogens is 245 g/mol. The highest BCUT2D eigenvalue weighted by Crippen LogP contribution is 2.35. The zero-order valence-corrected chi connectivity index (χ0v) is 11.1. The molecule has 1 nitrogen and oxygen atoms in total. The van der Waals surface area contributed by atoms with Gasteiger partial charge in [-0.1, -0.05) is 24.8 Å². The molecule has 0 unspecified atom stereocenters. The standard InChI is InChI=1S/C12H15F3OSi/c1-9(16-17(2,3)4)10-7-5-6-8-11(10)12(13,14)15/h5-8H,1H2,2-4H3. The van der Waals surface area contributed by atoms with Gasteiger partial charge in [-0.25, -0.2) is 0 Å². The molecule has 0 fully saturated rings. The van der Waals surface area contributed by atoms with E-state index >= 15 is 0 Å². The van der Waals surface area contributed by atoms with Crippen molar-refractivity contribution in [2.75, 3.05) is 0 Å². The van der Waals surface area contributed by atoms with Crippen LogP contribution in [0.25, 0.3) is 5.76 Å². The highest BCUT2D eigenvalue weighted by Gasteiger charge is 2.34. The Morgan fingerprint density at radius 3 is 2.18 bits per heavy atom. The first kappa shape index (κ1) is 13.8. The summed E-state index contributed by atoms with van der Waals surface area (Å²) in [4.78, 5) is 0. The minimum atomic E-state index is -4.39. The third-order valence-corrected chi connectivity index (χ3v) is 2.82. The van der Waals surface area contributed by atoms with Gasteiger partial charge in [0.05, 0.1) is 5.56 Å². The van der Waals surface area contributed by atoms with E-state index in [0.29, 0.717) is 0 Å². The van der Waals surface area contributed by atoms with Crippen LogP contribution in [-0.4, -0.2) is 8.32 Å². The van der Waals surface area contributed by atoms with E-state index in [-0.39, 0.29) is 11.3 Å². The molecule has 0 amide bonds. The minimum Gasteiger partial charge on any atom is -0.544 e. The molecule has 0 spiro atoms. The second-order valence-electron chi connectivity index (χ2n) is 4.68. The highest BCUT2D eigenvalue weighted by molar-refractivity contribution is 6.70. The van der Waals surface area contributed by atoms with Gasteiger partial charge in [0.25, 0.3) is 0 Å². The van der Waals surface area contributed by atoms with Crippen LogP contribution in [-0.2, 0) is 10.6 Å². The Morgan fingerprint density at radius 2 is 1.71 bits per heavy atom. The summed E-state index contributed by atoms with van der Waals surface area (Å²) in [6.07, 6.45) is -4.39. The SMILES string of the molecule is C=C(O[Si](C)(C)C)c1ccccc1C(F)(F)F. The van der Waals surface area contributed by atoms with Gasteiger partial charge >= 0.3 is 6.18 Å². The summed E-state index contributed by atoms with van der Waals surface area (Å²) in [7, 11) is -1.95. The van der Waals surface area contributed by atoms with Gasteiger partial charge in [-0.2, -0.15) is 13.2 Å². The number of hydrogen-bond donors (Lipinski definition) is 0. The average Bonchev–Trinajstić information content (AvgIpc) is 2.13. The molecule has 1 rings (SSSR count). The third kappa shape index (κ3) is 3.92. The second-order valence-corrected chi connectivity index (χ2v) is 9.11. The molecule has 0 saturated carbocycles. The van der Waals surface area contributed by atoms with E-state index in [2.05, 4.69) is 6.58 Å². The van der Waals surface area contributed by atoms with E-state index in [1.165, 1.54) is 12.1 Å². The largest absolute Gasteiger partial charge is 0.544 e. The van der Waals surface area contributed by atoms with E-state index < -0.39 is 20.1 Å². The lowest BCUT2D eigenvalue weighted by Gasteiger charge is -2.23. The van der Waals surface area contributed by atoms with Crippen molar-refractivity contribution >= 4 is 14.1 Å². The van der Waals surface area contributed by atoms with Gasteiger partial charge in [-0.15, -0.1) is 0 Å². The number of rotatable bonds is 3. The Balaban J connectivity index is 3.11. The summed E-state index contributed by atoms with van der Waals surface area (Å²) in [5.41, 5.74) is -0.689. The summed E-state index contributed by atoms with van der Waals surface area (Å²) < 4.78 is 43.8. The summed E-state index contributed by atoms with van der Waals surface area (Å²) in [5, 5.41) is 0. The van der Waals surface area contributed by atoms with Crippen LogP contribution in [0.5, 0.6) is 0 Å². The van der Waals surface area contributed by atoms with Crippen molar-refractivity contribution < 1.29 is 17.6 Å². The molecule has 0 heterocycles. The van der Waals surface area contributed by atoms with Crippen molar-refractivity contribution in [3.8, 4) is 0 Å². The highest BCUT2D eigenvalue weighted by atomic mass is 28.4. The lowest BCUT2D eigenvalue weighted by molar-refractivity contribution is -0.137. The molecule has 0 aromatic heterocycles. The van der Waals surface area contributed by atoms with Crippen molar-refractivity contribution in [2.24, 2.45) is 0 Å². The summed E-state index contributed by atoms with van der Waals surface area (Å²) >= 11 is 0. The van der Waals surface area contributed by atoms with Crippen LogP contribution in [0.1, 0.15) is 11.1 Å². The first-order valence-electron chi connectivity index (χ1n) is 5.16. The van der Waals surface area contributed by atoms with Gasteiger partial charge in [-0.05, 0) is 25.7 Å². The lowest BCUT2D eigenvalue weighted by atomic mass is 10.1. The minimum absolute atomic E-state index is 0.0161. The van der Waals surface area contributed by atoms with Crippen LogP contribution in [0.4, 0.5) is 13.2 Å². The average molecular weight is 260 g/mol. The normalized spacial score (nSPS) is 12.4. The van der Waals surface area contributed by atoms with Gasteiger partial charge in [0.2, 0.25) is 8.32 Å². The molecule has 0 aliphatic carbocycles. The molecule has 0 saturated heterocycles. The van der Waals surface area contributed by atoms with E-state index in [0.717, 1.165) is 6.07 Å². The Morgan fingerprint density at radius 1 is 1.18 bits per heavy atom. The van der Waals surface area contributed by atoms with Crippen LogP contribution in [0.15, 0.2) is 30.8 Å². The number of benzene rings is 1. The molecule has 5 heteroatoms. The Labute approximate surface area is 100 Å². The van der Waals surface area contributed by atoms with E-state index in [1.807, 2.05) is 19.6 Å². The lowest BCUT2D eigenvalue weighted by Crippen LogP contribution is -2.24. The molecule has 17 heavy (non-hydrogen) atoms. The van der Waals surface area contributed by atoms with Gasteiger partial charge in [0, 0.05) is 5.56 Å². The second kappa shape index (κ2) is 4.56. The summed E-state index contributed by atoms with van der Waals surface area (Å²) in [6, 6.07) is 5.32. The molecule has 0 radical (unpaired) electrons. The van der Waals surface area contributed by atoms with Gasteiger partial charge in [-0.3, -0.25) is 0 Å². The third-order valence-electron chi connectivity index (χ3n) is 1.96. The summed E-state index contributed by atoms with van der Waals surface area (Å²) in [6.45, 7) is 9.29. The first-order chi connectivity index (χ1) is 7.61. The summed E-state index contributed by atoms with van der Waals surface area (Å²) in [5.74, 6) is 0.0945. The van der Waals surface area contributed by atoms with Crippen molar-refractivity contribution in [3.05, 3.63) is 42.0 Å². The zero-order chi connectivity index (χ0) is 13.3. The maximum atomic E-state index is 12.8. The maximum absolute atomic E-state index is 12.8. The molecule has 1 aromatic carbocycles. The van der Waals surface area contributed by atoms with E-state index in [4.69, 9.17) is 4.43 Å². The van der Waals surface area contributed by atoms with Crippen molar-refractivity contribution in [1.82, 2.24) is 0 Å². The molecule has 0 bridgehead atoms. The van der Waals surface area contributed by atoms with Gasteiger partial charge in [0.15, 0.2) is 0 Å². The van der Waals surface area contributed by atoms with E-state index in [1.54, 1.807) is 6.07 Å². The van der Waals surface area contributed by atoms with Gasteiger partial charge in [0.1, 0.15) is 5.76 Å². The van der Waals surface area contributed by atoms with Crippen LogP contribution >= 0.6 is 0 Å². The Kier molecular flexibility index (Phi) is 3.71. The maximum Gasteiger partial charge on any atom is 0.417 e. The van der Waals surface area contributed by atoms with E-state index in [9.17, 15) is 13.2 Å². The quantitative estimate of drug-likeness (QED) is 0.573. The predicted molar refractivity (Wildman–Crippen MR) is 64.9 cm³/mol. The number of halogens is 3. The first-order valence-corrected chi connectivity index (χ1v) is 8.56. The van der Waals surface area contributed by atoms with Crippen LogP contribution in [0, 0.1) is 0 Å². The smallest absolute Gasteiger partial charge is 0.417 e. The molecule has 1 aromatic rings. The van der Waals surface area contributed by atoms with Crippen molar-refractivity contribution in [3.63, 3.8) is 0 Å². The predicted octanol–water partition coefficient (Wildman–Crippen LogP) is 4.53. The Hall–Kier alpha value is -1.23. The molecule has 0 N–H and O–H groups in total. The zero-order valence-electron chi connectivity index (χ0n) is 10.1. The molecule has 94 valence electrons. The monoisotopic (exact) mass is 260 g/mol. The molecule has 0 atom stereocenters. The number of hydrogen-bond acceptors (Lipinski definition) is 1. The fraction of sp³-hybridized carbons (Fsp3) is 0.333. The van der Waals surface area contributed by atoms with Crippen LogP contribution < -0.4 is 0 Å². The molecule has 0 aliphatic rings. The Bertz CT molecular complexity index is 418. The van der Waals surface area contributed by atoms with Crippen molar-refractivity contribution in [1.29, 1.82) is 0 Å². The number of alkyl halides is 3. The topological polar surface area (TPSA) is 9.23 Å². The van der Waals surface area contributed by atoms with Crippen LogP contribution in [0.3, 0.4) is 0 Å².